The van der Waals surface area contributed by atoms with E-state index in [9.17, 15) is 19.5 Å². The fourth-order valence-electron chi connectivity index (χ4n) is 5.96. The number of carboxylic acid groups (broad SMARTS) is 1. The third-order valence-corrected chi connectivity index (χ3v) is 7.66. The van der Waals surface area contributed by atoms with Crippen LogP contribution in [0, 0.1) is 11.3 Å². The molecule has 7 nitrogen and oxygen atoms in total. The number of carbonyl (C=O) groups excluding carboxylic acids is 2. The Morgan fingerprint density at radius 3 is 2.36 bits per heavy atom. The Balaban J connectivity index is 1.20. The van der Waals surface area contributed by atoms with Crippen LogP contribution < -0.4 is 5.32 Å². The van der Waals surface area contributed by atoms with E-state index in [4.69, 9.17) is 4.74 Å². The number of ether oxygens (including phenoxy) is 1. The highest BCUT2D eigenvalue weighted by Crippen LogP contribution is 2.49. The summed E-state index contributed by atoms with van der Waals surface area (Å²) in [6.45, 7) is 2.43. The molecule has 7 heteroatoms. The first-order valence-corrected chi connectivity index (χ1v) is 11.5. The summed E-state index contributed by atoms with van der Waals surface area (Å²) >= 11 is 0. The second-order valence-electron chi connectivity index (χ2n) is 9.46. The van der Waals surface area contributed by atoms with Crippen molar-refractivity contribution in [1.29, 1.82) is 0 Å². The largest absolute Gasteiger partial charge is 0.481 e. The summed E-state index contributed by atoms with van der Waals surface area (Å²) in [5.41, 5.74) is 3.71. The Morgan fingerprint density at radius 1 is 1.12 bits per heavy atom. The first kappa shape index (κ1) is 21.5. The Morgan fingerprint density at radius 2 is 1.76 bits per heavy atom. The van der Waals surface area contributed by atoms with Gasteiger partial charge in [-0.1, -0.05) is 55.0 Å². The van der Waals surface area contributed by atoms with E-state index in [1.165, 1.54) is 0 Å². The van der Waals surface area contributed by atoms with Gasteiger partial charge < -0.3 is 20.1 Å². The summed E-state index contributed by atoms with van der Waals surface area (Å²) in [5.74, 6) is -1.15. The number of alkyl carbamates (subject to hydrolysis) is 1. The smallest absolute Gasteiger partial charge is 0.407 e. The maximum atomic E-state index is 12.9. The fourth-order valence-corrected chi connectivity index (χ4v) is 5.96. The Labute approximate surface area is 192 Å². The number of aliphatic carboxylic acids is 1. The van der Waals surface area contributed by atoms with Crippen molar-refractivity contribution in [2.24, 2.45) is 11.3 Å². The van der Waals surface area contributed by atoms with Crippen molar-refractivity contribution in [3.8, 4) is 11.1 Å². The average Bonchev–Trinajstić information content (AvgIpc) is 3.47. The van der Waals surface area contributed by atoms with Crippen LogP contribution in [0.3, 0.4) is 0 Å². The number of carbonyl (C=O) groups is 3. The van der Waals surface area contributed by atoms with Crippen LogP contribution in [-0.2, 0) is 14.3 Å². The van der Waals surface area contributed by atoms with Gasteiger partial charge in [-0.05, 0) is 47.9 Å². The molecule has 1 heterocycles. The molecule has 1 aliphatic heterocycles. The summed E-state index contributed by atoms with van der Waals surface area (Å²) in [4.78, 5) is 38.9. The number of carboxylic acids is 1. The zero-order valence-corrected chi connectivity index (χ0v) is 18.6. The molecule has 0 bridgehead atoms. The monoisotopic (exact) mass is 448 g/mol. The maximum Gasteiger partial charge on any atom is 0.407 e. The molecule has 2 aromatic rings. The van der Waals surface area contributed by atoms with Gasteiger partial charge in [0.1, 0.15) is 12.6 Å². The van der Waals surface area contributed by atoms with E-state index < -0.39 is 23.5 Å². The molecule has 1 saturated carbocycles. The normalized spacial score (nSPS) is 24.0. The number of amides is 2. The average molecular weight is 449 g/mol. The van der Waals surface area contributed by atoms with Crippen LogP contribution in [0.4, 0.5) is 4.79 Å². The van der Waals surface area contributed by atoms with E-state index in [2.05, 4.69) is 29.6 Å². The molecule has 2 aliphatic carbocycles. The van der Waals surface area contributed by atoms with Crippen LogP contribution in [0.25, 0.3) is 11.1 Å². The van der Waals surface area contributed by atoms with Crippen LogP contribution in [-0.4, -0.2) is 53.7 Å². The van der Waals surface area contributed by atoms with Gasteiger partial charge in [0, 0.05) is 19.0 Å². The minimum atomic E-state index is -0.834. The lowest BCUT2D eigenvalue weighted by Gasteiger charge is -2.25. The quantitative estimate of drug-likeness (QED) is 0.728. The lowest BCUT2D eigenvalue weighted by molar-refractivity contribution is -0.149. The topological polar surface area (TPSA) is 95.9 Å². The number of nitrogens with one attached hydrogen (secondary N) is 1. The van der Waals surface area contributed by atoms with Crippen LogP contribution in [0.15, 0.2) is 48.5 Å². The third kappa shape index (κ3) is 3.56. The molecule has 2 aromatic carbocycles. The number of hydrogen-bond donors (Lipinski definition) is 2. The maximum absolute atomic E-state index is 12.9. The second kappa shape index (κ2) is 8.21. The minimum absolute atomic E-state index is 0.0133. The lowest BCUT2D eigenvalue weighted by Crippen LogP contribution is -2.47. The van der Waals surface area contributed by atoms with Crippen molar-refractivity contribution in [3.05, 3.63) is 59.7 Å². The zero-order valence-electron chi connectivity index (χ0n) is 18.6. The molecular formula is C26H28N2O5. The van der Waals surface area contributed by atoms with Gasteiger partial charge in [0.05, 0.1) is 5.41 Å². The SMILES string of the molecule is CC(NC(=O)OCC1c2ccccc2-c2ccccc21)C(=O)N1C[C@H]2CCC[C@@]2(C(=O)O)C1. The summed E-state index contributed by atoms with van der Waals surface area (Å²) in [5, 5.41) is 12.4. The van der Waals surface area contributed by atoms with Crippen molar-refractivity contribution >= 4 is 18.0 Å². The standard InChI is InChI=1S/C26H28N2O5/c1-16(23(29)28-13-17-7-6-12-26(17,15-28)24(30)31)27-25(32)33-14-22-20-10-4-2-8-18(20)19-9-3-5-11-21(19)22/h2-5,8-11,16-17,22H,6-7,12-15H2,1H3,(H,27,32)(H,30,31)/t16?,17-,26-/m1/s1. The van der Waals surface area contributed by atoms with E-state index in [-0.39, 0.29) is 30.9 Å². The number of nitrogens with zero attached hydrogens (tertiary/aromatic N) is 1. The molecular weight excluding hydrogens is 420 g/mol. The third-order valence-electron chi connectivity index (χ3n) is 7.66. The van der Waals surface area contributed by atoms with E-state index in [0.717, 1.165) is 35.1 Å². The van der Waals surface area contributed by atoms with Crippen molar-refractivity contribution < 1.29 is 24.2 Å². The number of hydrogen-bond acceptors (Lipinski definition) is 4. The van der Waals surface area contributed by atoms with E-state index in [0.29, 0.717) is 13.0 Å². The molecule has 172 valence electrons. The molecule has 0 aromatic heterocycles. The summed E-state index contributed by atoms with van der Waals surface area (Å²) < 4.78 is 5.54. The summed E-state index contributed by atoms with van der Waals surface area (Å²) in [7, 11) is 0. The Kier molecular flexibility index (Phi) is 5.35. The summed E-state index contributed by atoms with van der Waals surface area (Å²) in [6, 6.07) is 15.4. The molecule has 1 saturated heterocycles. The van der Waals surface area contributed by atoms with Crippen LogP contribution in [0.2, 0.25) is 0 Å². The molecule has 1 unspecified atom stereocenters. The van der Waals surface area contributed by atoms with Gasteiger partial charge in [-0.2, -0.15) is 0 Å². The highest BCUT2D eigenvalue weighted by Gasteiger charge is 2.56. The number of likely N-dealkylation sites (tertiary alicyclic amines) is 1. The van der Waals surface area contributed by atoms with Gasteiger partial charge in [0.25, 0.3) is 0 Å². The van der Waals surface area contributed by atoms with Gasteiger partial charge in [-0.3, -0.25) is 9.59 Å². The molecule has 5 rings (SSSR count). The first-order chi connectivity index (χ1) is 15.9. The van der Waals surface area contributed by atoms with Crippen molar-refractivity contribution in [1.82, 2.24) is 10.2 Å². The summed E-state index contributed by atoms with van der Waals surface area (Å²) in [6.07, 6.45) is 1.66. The molecule has 3 atom stereocenters. The highest BCUT2D eigenvalue weighted by molar-refractivity contribution is 5.87. The van der Waals surface area contributed by atoms with Gasteiger partial charge in [-0.25, -0.2) is 4.79 Å². The number of rotatable bonds is 5. The van der Waals surface area contributed by atoms with E-state index >= 15 is 0 Å². The molecule has 33 heavy (non-hydrogen) atoms. The van der Waals surface area contributed by atoms with E-state index in [1.54, 1.807) is 11.8 Å². The molecule has 2 amide bonds. The van der Waals surface area contributed by atoms with E-state index in [1.807, 2.05) is 24.3 Å². The van der Waals surface area contributed by atoms with Gasteiger partial charge in [0.2, 0.25) is 5.91 Å². The second-order valence-corrected chi connectivity index (χ2v) is 9.46. The number of benzene rings is 2. The molecule has 0 radical (unpaired) electrons. The highest BCUT2D eigenvalue weighted by atomic mass is 16.5. The van der Waals surface area contributed by atoms with Crippen molar-refractivity contribution in [2.45, 2.75) is 38.1 Å². The van der Waals surface area contributed by atoms with Crippen molar-refractivity contribution in [2.75, 3.05) is 19.7 Å². The van der Waals surface area contributed by atoms with Gasteiger partial charge >= 0.3 is 12.1 Å². The predicted octanol–water partition coefficient (Wildman–Crippen LogP) is 3.63. The molecule has 2 fully saturated rings. The predicted molar refractivity (Wildman–Crippen MR) is 122 cm³/mol. The van der Waals surface area contributed by atoms with Crippen LogP contribution >= 0.6 is 0 Å². The molecule has 0 spiro atoms. The lowest BCUT2D eigenvalue weighted by atomic mass is 9.81. The van der Waals surface area contributed by atoms with Gasteiger partial charge in [0.15, 0.2) is 0 Å². The fraction of sp³-hybridized carbons (Fsp3) is 0.423. The minimum Gasteiger partial charge on any atom is -0.481 e. The Hall–Kier alpha value is -3.35. The first-order valence-electron chi connectivity index (χ1n) is 11.5. The van der Waals surface area contributed by atoms with Gasteiger partial charge in [-0.15, -0.1) is 0 Å². The number of fused-ring (bicyclic) bond motifs is 4. The van der Waals surface area contributed by atoms with Crippen LogP contribution in [0.1, 0.15) is 43.2 Å². The zero-order chi connectivity index (χ0) is 23.2. The van der Waals surface area contributed by atoms with Crippen molar-refractivity contribution in [3.63, 3.8) is 0 Å². The molecule has 2 N–H and O–H groups in total. The molecule has 3 aliphatic rings. The Bertz CT molecular complexity index is 1070. The van der Waals surface area contributed by atoms with Crippen LogP contribution in [0.5, 0.6) is 0 Å².